The van der Waals surface area contributed by atoms with Crippen molar-refractivity contribution in [2.24, 2.45) is 0 Å². The van der Waals surface area contributed by atoms with Crippen molar-refractivity contribution in [1.29, 1.82) is 0 Å². The minimum absolute atomic E-state index is 0.210. The van der Waals surface area contributed by atoms with Gasteiger partial charge in [-0.15, -0.1) is 0 Å². The highest BCUT2D eigenvalue weighted by atomic mass is 32.2. The molecule has 0 aliphatic heterocycles. The maximum absolute atomic E-state index is 12.2. The number of aryl methyl sites for hydroxylation is 1. The molecule has 0 atom stereocenters. The van der Waals surface area contributed by atoms with E-state index in [2.05, 4.69) is 15.1 Å². The van der Waals surface area contributed by atoms with Crippen molar-refractivity contribution in [1.82, 2.24) is 24.7 Å². The molecule has 21 heavy (non-hydrogen) atoms. The fraction of sp³-hybridized carbons (Fsp3) is 0.769. The monoisotopic (exact) mass is 317 g/mol. The van der Waals surface area contributed by atoms with E-state index < -0.39 is 10.0 Å². The lowest BCUT2D eigenvalue weighted by molar-refractivity contribution is 0.199. The predicted molar refractivity (Wildman–Crippen MR) is 83.7 cm³/mol. The topological polar surface area (TPSA) is 79.3 Å². The number of likely N-dealkylation sites (N-methyl/N-ethyl adjacent to an activating group) is 1. The second-order valence-corrected chi connectivity index (χ2v) is 7.69. The van der Waals surface area contributed by atoms with Crippen LogP contribution >= 0.6 is 0 Å². The van der Waals surface area contributed by atoms with Crippen LogP contribution in [-0.2, 0) is 16.6 Å². The van der Waals surface area contributed by atoms with Crippen LogP contribution in [0, 0.1) is 0 Å². The summed E-state index contributed by atoms with van der Waals surface area (Å²) >= 11 is 0. The van der Waals surface area contributed by atoms with Gasteiger partial charge in [0.15, 0.2) is 0 Å². The van der Waals surface area contributed by atoms with E-state index in [-0.39, 0.29) is 10.4 Å². The minimum Gasteiger partial charge on any atom is -0.320 e. The van der Waals surface area contributed by atoms with Crippen LogP contribution in [0.15, 0.2) is 17.3 Å². The molecule has 1 heterocycles. The van der Waals surface area contributed by atoms with E-state index >= 15 is 0 Å². The molecule has 1 aromatic rings. The van der Waals surface area contributed by atoms with Crippen molar-refractivity contribution in [2.75, 3.05) is 34.2 Å². The first-order chi connectivity index (χ1) is 9.69. The van der Waals surface area contributed by atoms with E-state index in [1.165, 1.54) is 6.20 Å². The highest BCUT2D eigenvalue weighted by molar-refractivity contribution is 7.89. The Labute approximate surface area is 127 Å². The van der Waals surface area contributed by atoms with Crippen molar-refractivity contribution in [3.8, 4) is 0 Å². The standard InChI is InChI=1S/C13H27N5O2S/c1-13(2,17(4)5)11-16-21(19,20)12-9-15-18(10-12)8-6-7-14-3/h9-10,14,16H,6-8,11H2,1-5H3. The molecule has 0 saturated carbocycles. The Morgan fingerprint density at radius 3 is 2.62 bits per heavy atom. The summed E-state index contributed by atoms with van der Waals surface area (Å²) in [6.07, 6.45) is 3.86. The molecule has 0 radical (unpaired) electrons. The van der Waals surface area contributed by atoms with Gasteiger partial charge in [0.05, 0.1) is 6.20 Å². The molecule has 122 valence electrons. The van der Waals surface area contributed by atoms with Gasteiger partial charge in [0, 0.05) is 24.8 Å². The lowest BCUT2D eigenvalue weighted by atomic mass is 10.1. The summed E-state index contributed by atoms with van der Waals surface area (Å²) in [6, 6.07) is 0. The molecule has 0 spiro atoms. The van der Waals surface area contributed by atoms with Gasteiger partial charge < -0.3 is 10.2 Å². The second-order valence-electron chi connectivity index (χ2n) is 5.93. The lowest BCUT2D eigenvalue weighted by Crippen LogP contribution is -2.48. The number of aromatic nitrogens is 2. The van der Waals surface area contributed by atoms with E-state index in [4.69, 9.17) is 0 Å². The van der Waals surface area contributed by atoms with Gasteiger partial charge in [-0.3, -0.25) is 4.68 Å². The normalized spacial score (nSPS) is 13.0. The smallest absolute Gasteiger partial charge is 0.243 e. The molecule has 0 aromatic carbocycles. The Morgan fingerprint density at radius 1 is 1.38 bits per heavy atom. The van der Waals surface area contributed by atoms with E-state index in [0.29, 0.717) is 13.1 Å². The third kappa shape index (κ3) is 5.39. The number of nitrogens with one attached hydrogen (secondary N) is 2. The zero-order valence-corrected chi connectivity index (χ0v) is 14.4. The summed E-state index contributed by atoms with van der Waals surface area (Å²) in [5.41, 5.74) is -0.254. The van der Waals surface area contributed by atoms with Crippen LogP contribution < -0.4 is 10.0 Å². The van der Waals surface area contributed by atoms with Crippen molar-refractivity contribution >= 4 is 10.0 Å². The summed E-state index contributed by atoms with van der Waals surface area (Å²) < 4.78 is 28.8. The van der Waals surface area contributed by atoms with Crippen molar-refractivity contribution in [2.45, 2.75) is 37.2 Å². The van der Waals surface area contributed by atoms with E-state index in [0.717, 1.165) is 13.0 Å². The first kappa shape index (κ1) is 18.1. The Balaban J connectivity index is 2.66. The maximum atomic E-state index is 12.2. The molecule has 7 nitrogen and oxygen atoms in total. The molecule has 1 aromatic heterocycles. The van der Waals surface area contributed by atoms with Gasteiger partial charge >= 0.3 is 0 Å². The lowest BCUT2D eigenvalue weighted by Gasteiger charge is -2.32. The van der Waals surface area contributed by atoms with Crippen LogP contribution in [0.25, 0.3) is 0 Å². The number of sulfonamides is 1. The van der Waals surface area contributed by atoms with Gasteiger partial charge in [-0.2, -0.15) is 5.10 Å². The fourth-order valence-electron chi connectivity index (χ4n) is 1.54. The molecule has 0 unspecified atom stereocenters. The van der Waals surface area contributed by atoms with E-state index in [1.807, 2.05) is 39.9 Å². The maximum Gasteiger partial charge on any atom is 0.243 e. The van der Waals surface area contributed by atoms with Gasteiger partial charge in [0.2, 0.25) is 10.0 Å². The summed E-state index contributed by atoms with van der Waals surface area (Å²) in [4.78, 5) is 2.19. The zero-order valence-electron chi connectivity index (χ0n) is 13.5. The Morgan fingerprint density at radius 2 is 2.05 bits per heavy atom. The third-order valence-corrected chi connectivity index (χ3v) is 5.00. The minimum atomic E-state index is -3.51. The third-order valence-electron chi connectivity index (χ3n) is 3.64. The van der Waals surface area contributed by atoms with Crippen molar-refractivity contribution < 1.29 is 8.42 Å². The quantitative estimate of drug-likeness (QED) is 0.632. The predicted octanol–water partition coefficient (Wildman–Crippen LogP) is 0.111. The molecule has 0 saturated heterocycles. The molecule has 8 heteroatoms. The summed E-state index contributed by atoms with van der Waals surface area (Å²) in [6.45, 7) is 5.87. The molecular weight excluding hydrogens is 290 g/mol. The highest BCUT2D eigenvalue weighted by Gasteiger charge is 2.24. The molecular formula is C13H27N5O2S. The fourth-order valence-corrected chi connectivity index (χ4v) is 2.69. The largest absolute Gasteiger partial charge is 0.320 e. The van der Waals surface area contributed by atoms with Crippen LogP contribution in [0.3, 0.4) is 0 Å². The van der Waals surface area contributed by atoms with Gasteiger partial charge in [-0.1, -0.05) is 0 Å². The first-order valence-corrected chi connectivity index (χ1v) is 8.51. The van der Waals surface area contributed by atoms with Gasteiger partial charge in [-0.25, -0.2) is 13.1 Å². The Bertz CT molecular complexity index is 537. The first-order valence-electron chi connectivity index (χ1n) is 7.03. The average Bonchev–Trinajstić information content (AvgIpc) is 2.86. The zero-order chi connectivity index (χ0) is 16.1. The van der Waals surface area contributed by atoms with Crippen LogP contribution in [0.2, 0.25) is 0 Å². The van der Waals surface area contributed by atoms with E-state index in [9.17, 15) is 8.42 Å². The van der Waals surface area contributed by atoms with Crippen molar-refractivity contribution in [3.05, 3.63) is 12.4 Å². The second kappa shape index (κ2) is 7.35. The van der Waals surface area contributed by atoms with Gasteiger partial charge in [0.25, 0.3) is 0 Å². The number of rotatable bonds is 9. The summed E-state index contributed by atoms with van der Waals surface area (Å²) in [5, 5.41) is 7.14. The van der Waals surface area contributed by atoms with Crippen molar-refractivity contribution in [3.63, 3.8) is 0 Å². The van der Waals surface area contributed by atoms with Crippen LogP contribution in [0.4, 0.5) is 0 Å². The van der Waals surface area contributed by atoms with Crippen LogP contribution in [-0.4, -0.2) is 62.9 Å². The molecule has 0 fully saturated rings. The number of nitrogens with zero attached hydrogens (tertiary/aromatic N) is 3. The highest BCUT2D eigenvalue weighted by Crippen LogP contribution is 2.12. The molecule has 2 N–H and O–H groups in total. The Kier molecular flexibility index (Phi) is 6.33. The molecule has 0 bridgehead atoms. The number of hydrogen-bond acceptors (Lipinski definition) is 5. The van der Waals surface area contributed by atoms with Crippen LogP contribution in [0.5, 0.6) is 0 Å². The number of hydrogen-bond donors (Lipinski definition) is 2. The summed E-state index contributed by atoms with van der Waals surface area (Å²) in [7, 11) is 2.22. The molecule has 1 rings (SSSR count). The SMILES string of the molecule is CNCCCn1cc(S(=O)(=O)NCC(C)(C)N(C)C)cn1. The average molecular weight is 317 g/mol. The van der Waals surface area contributed by atoms with Gasteiger partial charge in [-0.05, 0) is 48.0 Å². The molecule has 0 amide bonds. The molecule has 0 aliphatic carbocycles. The van der Waals surface area contributed by atoms with Crippen LogP contribution in [0.1, 0.15) is 20.3 Å². The van der Waals surface area contributed by atoms with E-state index in [1.54, 1.807) is 10.9 Å². The molecule has 0 aliphatic rings. The summed E-state index contributed by atoms with van der Waals surface area (Å²) in [5.74, 6) is 0. The Hall–Kier alpha value is -0.960. The van der Waals surface area contributed by atoms with Gasteiger partial charge in [0.1, 0.15) is 4.90 Å².